The summed E-state index contributed by atoms with van der Waals surface area (Å²) in [6, 6.07) is 2.95. The first kappa shape index (κ1) is 10.2. The lowest BCUT2D eigenvalue weighted by Crippen LogP contribution is -2.31. The van der Waals surface area contributed by atoms with Crippen LogP contribution in [0.25, 0.3) is 0 Å². The zero-order valence-corrected chi connectivity index (χ0v) is 8.67. The average Bonchev–Trinajstić information content (AvgIpc) is 2.58. The Balaban J connectivity index is 2.42. The number of H-pyrrole nitrogens is 1. The zero-order valence-electron chi connectivity index (χ0n) is 8.67. The Labute approximate surface area is 90.1 Å². The predicted molar refractivity (Wildman–Crippen MR) is 58.0 cm³/mol. The molecule has 0 bridgehead atoms. The molecular weight excluding hydrogens is 210 g/mol. The molecule has 0 unspecified atom stereocenters. The van der Waals surface area contributed by atoms with Gasteiger partial charge in [-0.25, -0.2) is 4.79 Å². The van der Waals surface area contributed by atoms with Crippen LogP contribution in [0, 0.1) is 0 Å². The number of aryl methyl sites for hydroxylation is 1. The maximum Gasteiger partial charge on any atom is 0.330 e. The van der Waals surface area contributed by atoms with E-state index in [1.807, 2.05) is 0 Å². The third-order valence-electron chi connectivity index (χ3n) is 2.15. The number of nitrogens with two attached hydrogens (primary N) is 1. The normalized spacial score (nSPS) is 10.6. The van der Waals surface area contributed by atoms with Crippen LogP contribution in [-0.2, 0) is 13.6 Å². The molecule has 0 amide bonds. The van der Waals surface area contributed by atoms with Crippen LogP contribution in [0.1, 0.15) is 5.69 Å². The summed E-state index contributed by atoms with van der Waals surface area (Å²) in [5, 5.41) is 4.12. The smallest absolute Gasteiger partial charge is 0.330 e. The minimum Gasteiger partial charge on any atom is -0.385 e. The molecule has 2 aromatic heterocycles. The molecule has 0 fully saturated rings. The van der Waals surface area contributed by atoms with Gasteiger partial charge in [-0.15, -0.1) is 0 Å². The van der Waals surface area contributed by atoms with Crippen LogP contribution in [0.3, 0.4) is 0 Å². The number of nitrogens with zero attached hydrogens (tertiary/aromatic N) is 3. The summed E-state index contributed by atoms with van der Waals surface area (Å²) < 4.78 is 2.88. The lowest BCUT2D eigenvalue weighted by Gasteiger charge is -2.05. The highest BCUT2D eigenvalue weighted by Gasteiger charge is 2.05. The number of hydrogen-bond acceptors (Lipinski definition) is 4. The summed E-state index contributed by atoms with van der Waals surface area (Å²) >= 11 is 0. The zero-order chi connectivity index (χ0) is 11.7. The standard InChI is InChI=1S/C9H11N5O2/c1-13-3-2-6(12-13)5-14-7(10)4-8(15)11-9(14)16/h2-4H,5,10H2,1H3,(H,11,15,16). The molecule has 16 heavy (non-hydrogen) atoms. The van der Waals surface area contributed by atoms with Crippen molar-refractivity contribution in [3.63, 3.8) is 0 Å². The van der Waals surface area contributed by atoms with Crippen molar-refractivity contribution >= 4 is 5.82 Å². The van der Waals surface area contributed by atoms with Gasteiger partial charge in [0.15, 0.2) is 0 Å². The fourth-order valence-electron chi connectivity index (χ4n) is 1.41. The van der Waals surface area contributed by atoms with Gasteiger partial charge in [-0.1, -0.05) is 0 Å². The average molecular weight is 221 g/mol. The summed E-state index contributed by atoms with van der Waals surface area (Å²) in [5.41, 5.74) is 5.25. The minimum absolute atomic E-state index is 0.124. The van der Waals surface area contributed by atoms with Gasteiger partial charge in [0, 0.05) is 19.3 Å². The molecule has 2 aromatic rings. The molecule has 0 atom stereocenters. The molecule has 84 valence electrons. The van der Waals surface area contributed by atoms with Gasteiger partial charge in [-0.2, -0.15) is 5.10 Å². The van der Waals surface area contributed by atoms with Crippen molar-refractivity contribution in [3.05, 3.63) is 44.9 Å². The van der Waals surface area contributed by atoms with Gasteiger partial charge in [0.1, 0.15) is 5.82 Å². The Bertz CT molecular complexity index is 621. The SMILES string of the molecule is Cn1ccc(Cn2c(N)cc(=O)[nH]c2=O)n1. The number of nitrogens with one attached hydrogen (secondary N) is 1. The Hall–Kier alpha value is -2.31. The largest absolute Gasteiger partial charge is 0.385 e. The van der Waals surface area contributed by atoms with Gasteiger partial charge < -0.3 is 5.73 Å². The molecule has 3 N–H and O–H groups in total. The van der Waals surface area contributed by atoms with E-state index in [2.05, 4.69) is 10.1 Å². The van der Waals surface area contributed by atoms with Gasteiger partial charge in [0.05, 0.1) is 12.2 Å². The molecule has 2 heterocycles. The number of hydrogen-bond donors (Lipinski definition) is 2. The van der Waals surface area contributed by atoms with Crippen molar-refractivity contribution in [2.45, 2.75) is 6.54 Å². The lowest BCUT2D eigenvalue weighted by atomic mass is 10.4. The second-order valence-corrected chi connectivity index (χ2v) is 3.43. The van der Waals surface area contributed by atoms with Gasteiger partial charge >= 0.3 is 5.69 Å². The molecule has 0 aliphatic carbocycles. The number of rotatable bonds is 2. The molecule has 0 saturated heterocycles. The topological polar surface area (TPSA) is 98.7 Å². The first-order valence-electron chi connectivity index (χ1n) is 4.64. The summed E-state index contributed by atoms with van der Waals surface area (Å²) in [7, 11) is 1.78. The van der Waals surface area contributed by atoms with Crippen molar-refractivity contribution in [1.82, 2.24) is 19.3 Å². The molecule has 0 aliphatic rings. The summed E-state index contributed by atoms with van der Waals surface area (Å²) in [6.45, 7) is 0.238. The maximum absolute atomic E-state index is 11.5. The second-order valence-electron chi connectivity index (χ2n) is 3.43. The van der Waals surface area contributed by atoms with Crippen LogP contribution in [-0.4, -0.2) is 19.3 Å². The first-order valence-corrected chi connectivity index (χ1v) is 4.64. The number of anilines is 1. The fraction of sp³-hybridized carbons (Fsp3) is 0.222. The first-order chi connectivity index (χ1) is 7.56. The maximum atomic E-state index is 11.5. The van der Waals surface area contributed by atoms with Crippen molar-refractivity contribution in [3.8, 4) is 0 Å². The highest BCUT2D eigenvalue weighted by atomic mass is 16.2. The third kappa shape index (κ3) is 1.88. The van der Waals surface area contributed by atoms with Gasteiger partial charge in [-0.05, 0) is 6.07 Å². The Morgan fingerprint density at radius 1 is 1.50 bits per heavy atom. The highest BCUT2D eigenvalue weighted by Crippen LogP contribution is 2.00. The summed E-state index contributed by atoms with van der Waals surface area (Å²) in [5.74, 6) is 0.124. The minimum atomic E-state index is -0.532. The van der Waals surface area contributed by atoms with Crippen LogP contribution < -0.4 is 17.0 Å². The summed E-state index contributed by atoms with van der Waals surface area (Å²) in [6.07, 6.45) is 1.77. The van der Waals surface area contributed by atoms with E-state index in [9.17, 15) is 9.59 Å². The Morgan fingerprint density at radius 3 is 2.81 bits per heavy atom. The van der Waals surface area contributed by atoms with Crippen LogP contribution in [0.5, 0.6) is 0 Å². The highest BCUT2D eigenvalue weighted by molar-refractivity contribution is 5.27. The molecule has 0 aromatic carbocycles. The van der Waals surface area contributed by atoms with Gasteiger partial charge in [-0.3, -0.25) is 19.0 Å². The van der Waals surface area contributed by atoms with Crippen LogP contribution in [0.2, 0.25) is 0 Å². The molecule has 2 rings (SSSR count). The quantitative estimate of drug-likeness (QED) is 0.672. The van der Waals surface area contributed by atoms with E-state index in [0.717, 1.165) is 0 Å². The monoisotopic (exact) mass is 221 g/mol. The van der Waals surface area contributed by atoms with Crippen LogP contribution in [0.15, 0.2) is 27.9 Å². The van der Waals surface area contributed by atoms with Crippen molar-refractivity contribution in [2.75, 3.05) is 5.73 Å². The second kappa shape index (κ2) is 3.69. The molecule has 0 spiro atoms. The Morgan fingerprint density at radius 2 is 2.25 bits per heavy atom. The molecule has 0 saturated carbocycles. The van der Waals surface area contributed by atoms with Crippen LogP contribution >= 0.6 is 0 Å². The van der Waals surface area contributed by atoms with E-state index in [0.29, 0.717) is 5.69 Å². The molecular formula is C9H11N5O2. The van der Waals surface area contributed by atoms with Crippen molar-refractivity contribution < 1.29 is 0 Å². The number of nitrogen functional groups attached to an aromatic ring is 1. The fourth-order valence-corrected chi connectivity index (χ4v) is 1.41. The van der Waals surface area contributed by atoms with E-state index in [-0.39, 0.29) is 12.4 Å². The van der Waals surface area contributed by atoms with E-state index >= 15 is 0 Å². The third-order valence-corrected chi connectivity index (χ3v) is 2.15. The predicted octanol–water partition coefficient (Wildman–Crippen LogP) is -1.10. The number of aromatic nitrogens is 4. The van der Waals surface area contributed by atoms with E-state index in [4.69, 9.17) is 5.73 Å². The molecule has 7 nitrogen and oxygen atoms in total. The summed E-state index contributed by atoms with van der Waals surface area (Å²) in [4.78, 5) is 24.6. The van der Waals surface area contributed by atoms with Crippen LogP contribution in [0.4, 0.5) is 5.82 Å². The van der Waals surface area contributed by atoms with E-state index in [1.165, 1.54) is 10.6 Å². The van der Waals surface area contributed by atoms with Crippen molar-refractivity contribution in [2.24, 2.45) is 7.05 Å². The molecule has 0 aliphatic heterocycles. The van der Waals surface area contributed by atoms with Crippen molar-refractivity contribution in [1.29, 1.82) is 0 Å². The van der Waals surface area contributed by atoms with Gasteiger partial charge in [0.25, 0.3) is 5.56 Å². The van der Waals surface area contributed by atoms with Gasteiger partial charge in [0.2, 0.25) is 0 Å². The van der Waals surface area contributed by atoms with E-state index < -0.39 is 11.2 Å². The Kier molecular flexibility index (Phi) is 2.35. The number of aromatic amines is 1. The lowest BCUT2D eigenvalue weighted by molar-refractivity contribution is 0.681. The van der Waals surface area contributed by atoms with E-state index in [1.54, 1.807) is 24.0 Å². The molecule has 7 heteroatoms. The molecule has 0 radical (unpaired) electrons.